The van der Waals surface area contributed by atoms with Gasteiger partial charge in [0.15, 0.2) is 0 Å². The van der Waals surface area contributed by atoms with E-state index >= 15 is 0 Å². The molecule has 0 aromatic carbocycles. The predicted molar refractivity (Wildman–Crippen MR) is 51.2 cm³/mol. The molecule has 1 atom stereocenters. The van der Waals surface area contributed by atoms with E-state index < -0.39 is 22.5 Å². The molecule has 0 unspecified atom stereocenters. The molecule has 0 rings (SSSR count). The van der Waals surface area contributed by atoms with Crippen molar-refractivity contribution in [3.8, 4) is 0 Å². The SMILES string of the molecule is CC(=O)OC[C@H](CC(C)C)N=S(=O)=O. The van der Waals surface area contributed by atoms with Gasteiger partial charge in [-0.15, -0.1) is 0 Å². The highest BCUT2D eigenvalue weighted by Gasteiger charge is 2.11. The van der Waals surface area contributed by atoms with Gasteiger partial charge in [0.25, 0.3) is 0 Å². The van der Waals surface area contributed by atoms with Crippen molar-refractivity contribution in [1.82, 2.24) is 0 Å². The van der Waals surface area contributed by atoms with Gasteiger partial charge in [0.05, 0.1) is 0 Å². The number of hydrogen-bond donors (Lipinski definition) is 0. The second-order valence-electron chi connectivity index (χ2n) is 3.41. The smallest absolute Gasteiger partial charge is 0.311 e. The van der Waals surface area contributed by atoms with Crippen molar-refractivity contribution in [3.05, 3.63) is 0 Å². The summed E-state index contributed by atoms with van der Waals surface area (Å²) in [4.78, 5) is 10.5. The Labute approximate surface area is 85.2 Å². The lowest BCUT2D eigenvalue weighted by Crippen LogP contribution is -2.17. The third-order valence-corrected chi connectivity index (χ3v) is 1.93. The van der Waals surface area contributed by atoms with Gasteiger partial charge in [-0.3, -0.25) is 4.79 Å². The molecule has 0 saturated heterocycles. The number of ether oxygens (including phenoxy) is 1. The molecule has 0 aliphatic heterocycles. The molecule has 82 valence electrons. The fraction of sp³-hybridized carbons (Fsp3) is 0.875. The maximum Gasteiger partial charge on any atom is 0.311 e. The summed E-state index contributed by atoms with van der Waals surface area (Å²) in [5.41, 5.74) is 0. The van der Waals surface area contributed by atoms with Crippen molar-refractivity contribution < 1.29 is 17.9 Å². The molecule has 0 spiro atoms. The molecule has 0 heterocycles. The second-order valence-corrected chi connectivity index (χ2v) is 4.05. The van der Waals surface area contributed by atoms with E-state index in [-0.39, 0.29) is 6.61 Å². The van der Waals surface area contributed by atoms with Crippen LogP contribution in [-0.2, 0) is 20.0 Å². The van der Waals surface area contributed by atoms with E-state index in [1.54, 1.807) is 0 Å². The van der Waals surface area contributed by atoms with Crippen LogP contribution in [0.5, 0.6) is 0 Å². The maximum absolute atomic E-state index is 10.5. The second kappa shape index (κ2) is 6.53. The summed E-state index contributed by atoms with van der Waals surface area (Å²) in [6, 6.07) is -0.461. The first-order chi connectivity index (χ1) is 6.41. The molecule has 6 heteroatoms. The van der Waals surface area contributed by atoms with Crippen LogP contribution in [0, 0.1) is 5.92 Å². The van der Waals surface area contributed by atoms with Crippen molar-refractivity contribution in [2.24, 2.45) is 10.3 Å². The van der Waals surface area contributed by atoms with E-state index in [1.807, 2.05) is 13.8 Å². The van der Waals surface area contributed by atoms with Gasteiger partial charge in [0.2, 0.25) is 0 Å². The van der Waals surface area contributed by atoms with E-state index in [4.69, 9.17) is 4.74 Å². The van der Waals surface area contributed by atoms with Crippen LogP contribution in [0.3, 0.4) is 0 Å². The molecule has 14 heavy (non-hydrogen) atoms. The van der Waals surface area contributed by atoms with Crippen LogP contribution in [-0.4, -0.2) is 27.0 Å². The van der Waals surface area contributed by atoms with Gasteiger partial charge in [0.1, 0.15) is 12.6 Å². The lowest BCUT2D eigenvalue weighted by atomic mass is 10.1. The Kier molecular flexibility index (Phi) is 6.11. The molecule has 0 N–H and O–H groups in total. The zero-order valence-electron chi connectivity index (χ0n) is 8.56. The molecule has 0 saturated carbocycles. The minimum atomic E-state index is -2.44. The number of carbonyl (C=O) groups is 1. The Morgan fingerprint density at radius 1 is 1.43 bits per heavy atom. The summed E-state index contributed by atoms with van der Waals surface area (Å²) >= 11 is 0. The number of hydrogen-bond acceptors (Lipinski definition) is 5. The Balaban J connectivity index is 4.25. The molecule has 0 aliphatic carbocycles. The van der Waals surface area contributed by atoms with Crippen LogP contribution in [0.25, 0.3) is 0 Å². The molecule has 5 nitrogen and oxygen atoms in total. The molecule has 0 amide bonds. The molecule has 0 fully saturated rings. The fourth-order valence-corrected chi connectivity index (χ4v) is 1.41. The number of carbonyl (C=O) groups excluding carboxylic acids is 1. The van der Waals surface area contributed by atoms with Crippen LogP contribution in [0.1, 0.15) is 27.2 Å². The third-order valence-electron chi connectivity index (χ3n) is 1.46. The molecule has 0 aromatic rings. The summed E-state index contributed by atoms with van der Waals surface area (Å²) in [5, 5.41) is 0. The Morgan fingerprint density at radius 3 is 2.36 bits per heavy atom. The highest BCUT2D eigenvalue weighted by molar-refractivity contribution is 7.61. The number of rotatable bonds is 5. The lowest BCUT2D eigenvalue weighted by Gasteiger charge is -2.11. The standard InChI is InChI=1S/C8H15NO4S/c1-6(2)4-8(9-14(11)12)5-13-7(3)10/h6,8H,4-5H2,1-3H3/t8-/m0/s1. The molecular weight excluding hydrogens is 206 g/mol. The first kappa shape index (κ1) is 13.1. The van der Waals surface area contributed by atoms with Gasteiger partial charge in [-0.2, -0.15) is 12.8 Å². The first-order valence-corrected chi connectivity index (χ1v) is 5.38. The van der Waals surface area contributed by atoms with Crippen molar-refractivity contribution in [2.75, 3.05) is 6.61 Å². The summed E-state index contributed by atoms with van der Waals surface area (Å²) in [6.07, 6.45) is 0.585. The van der Waals surface area contributed by atoms with E-state index in [2.05, 4.69) is 4.36 Å². The first-order valence-electron chi connectivity index (χ1n) is 4.35. The zero-order valence-corrected chi connectivity index (χ0v) is 9.37. The van der Waals surface area contributed by atoms with Gasteiger partial charge in [-0.05, 0) is 12.3 Å². The minimum absolute atomic E-state index is 0.0293. The zero-order chi connectivity index (χ0) is 11.1. The summed E-state index contributed by atoms with van der Waals surface area (Å²) in [5.74, 6) is -0.117. The Hall–Kier alpha value is -0.910. The van der Waals surface area contributed by atoms with E-state index in [0.29, 0.717) is 12.3 Å². The largest absolute Gasteiger partial charge is 0.464 e. The van der Waals surface area contributed by atoms with Gasteiger partial charge in [-0.25, -0.2) is 0 Å². The fourth-order valence-electron chi connectivity index (χ4n) is 1.02. The summed E-state index contributed by atoms with van der Waals surface area (Å²) in [6.45, 7) is 5.20. The van der Waals surface area contributed by atoms with Gasteiger partial charge in [-0.1, -0.05) is 13.8 Å². The molecule has 0 radical (unpaired) electrons. The predicted octanol–water partition coefficient (Wildman–Crippen LogP) is 1.03. The lowest BCUT2D eigenvalue weighted by molar-refractivity contribution is -0.141. The highest BCUT2D eigenvalue weighted by atomic mass is 32.2. The van der Waals surface area contributed by atoms with E-state index in [1.165, 1.54) is 6.92 Å². The van der Waals surface area contributed by atoms with E-state index in [0.717, 1.165) is 0 Å². The van der Waals surface area contributed by atoms with Gasteiger partial charge in [0, 0.05) is 6.92 Å². The average Bonchev–Trinajstić information content (AvgIpc) is 1.97. The van der Waals surface area contributed by atoms with Crippen LogP contribution in [0.15, 0.2) is 4.36 Å². The highest BCUT2D eigenvalue weighted by Crippen LogP contribution is 2.08. The normalized spacial score (nSPS) is 12.3. The number of esters is 1. The molecule has 0 bridgehead atoms. The van der Waals surface area contributed by atoms with Gasteiger partial charge < -0.3 is 4.74 Å². The van der Waals surface area contributed by atoms with Crippen molar-refractivity contribution in [3.63, 3.8) is 0 Å². The molecule has 0 aliphatic rings. The summed E-state index contributed by atoms with van der Waals surface area (Å²) < 4.78 is 28.8. The van der Waals surface area contributed by atoms with E-state index in [9.17, 15) is 13.2 Å². The van der Waals surface area contributed by atoms with Crippen LogP contribution in [0.2, 0.25) is 0 Å². The van der Waals surface area contributed by atoms with Crippen molar-refractivity contribution in [2.45, 2.75) is 33.2 Å². The maximum atomic E-state index is 10.5. The quantitative estimate of drug-likeness (QED) is 0.650. The van der Waals surface area contributed by atoms with Crippen LogP contribution in [0.4, 0.5) is 0 Å². The van der Waals surface area contributed by atoms with Gasteiger partial charge >= 0.3 is 16.5 Å². The minimum Gasteiger partial charge on any atom is -0.464 e. The topological polar surface area (TPSA) is 72.8 Å². The summed E-state index contributed by atoms with van der Waals surface area (Å²) in [7, 11) is -2.44. The molecular formula is C8H15NO4S. The average molecular weight is 221 g/mol. The molecule has 0 aromatic heterocycles. The monoisotopic (exact) mass is 221 g/mol. The third kappa shape index (κ3) is 7.72. The Morgan fingerprint density at radius 2 is 2.00 bits per heavy atom. The van der Waals surface area contributed by atoms with Crippen LogP contribution >= 0.6 is 0 Å². The van der Waals surface area contributed by atoms with Crippen LogP contribution < -0.4 is 0 Å². The van der Waals surface area contributed by atoms with Crippen molar-refractivity contribution >= 4 is 16.5 Å². The van der Waals surface area contributed by atoms with Crippen molar-refractivity contribution in [1.29, 1.82) is 0 Å². The number of nitrogens with zero attached hydrogens (tertiary/aromatic N) is 1. The Bertz CT molecular complexity index is 299.